The van der Waals surface area contributed by atoms with Gasteiger partial charge in [-0.1, -0.05) is 6.58 Å². The van der Waals surface area contributed by atoms with Gasteiger partial charge in [-0.2, -0.15) is 23.3 Å². The van der Waals surface area contributed by atoms with Crippen molar-refractivity contribution in [3.63, 3.8) is 0 Å². The number of fused-ring (bicyclic) bond motifs is 2. The number of hydrogen-bond acceptors (Lipinski definition) is 5. The molecule has 0 amide bonds. The first-order valence-electron chi connectivity index (χ1n) is 10.3. The molecule has 4 aromatic rings. The summed E-state index contributed by atoms with van der Waals surface area (Å²) in [6, 6.07) is 3.45. The smallest absolute Gasteiger partial charge is 0.395 e. The van der Waals surface area contributed by atoms with Crippen LogP contribution in [0.2, 0.25) is 0 Å². The van der Waals surface area contributed by atoms with Crippen molar-refractivity contribution < 1.29 is 17.6 Å². The fraction of sp³-hybridized carbons (Fsp3) is 0.318. The zero-order valence-electron chi connectivity index (χ0n) is 17.8. The van der Waals surface area contributed by atoms with E-state index in [2.05, 4.69) is 37.7 Å². The Hall–Kier alpha value is -3.63. The third-order valence-electron chi connectivity index (χ3n) is 5.61. The average Bonchev–Trinajstić information content (AvgIpc) is 3.19. The van der Waals surface area contributed by atoms with Gasteiger partial charge in [0.2, 0.25) is 5.95 Å². The molecular weight excluding hydrogens is 438 g/mol. The van der Waals surface area contributed by atoms with Gasteiger partial charge >= 0.3 is 6.18 Å². The third-order valence-corrected chi connectivity index (χ3v) is 5.61. The maximum absolute atomic E-state index is 13.8. The van der Waals surface area contributed by atoms with Crippen molar-refractivity contribution in [1.29, 1.82) is 0 Å². The monoisotopic (exact) mass is 461 g/mol. The Kier molecular flexibility index (Phi) is 5.73. The standard InChI is InChI=1S/C20H18F4N6.C2H5N/c1-11(20(22,23)24)13-9-28-30-5-2-12(6-16(13)30)14-7-25-17-15(14)8-26-18(29-17)27-10-19(21)3-4-19;1-2-3/h2,5-9,11H,3-4,10H2,1H3,(H2,25,26,27,29);2H,1,3H2. The van der Waals surface area contributed by atoms with Crippen molar-refractivity contribution in [3.8, 4) is 11.1 Å². The number of nitrogens with two attached hydrogens (primary N) is 1. The number of nitrogens with one attached hydrogen (secondary N) is 2. The Bertz CT molecular complexity index is 1290. The van der Waals surface area contributed by atoms with E-state index >= 15 is 0 Å². The quantitative estimate of drug-likeness (QED) is 0.366. The lowest BCUT2D eigenvalue weighted by molar-refractivity contribution is -0.146. The molecule has 1 fully saturated rings. The molecule has 0 radical (unpaired) electrons. The van der Waals surface area contributed by atoms with Gasteiger partial charge in [0, 0.05) is 35.1 Å². The summed E-state index contributed by atoms with van der Waals surface area (Å²) in [6.07, 6.45) is 4.22. The number of aromatic amines is 1. The summed E-state index contributed by atoms with van der Waals surface area (Å²) >= 11 is 0. The van der Waals surface area contributed by atoms with Crippen molar-refractivity contribution in [2.75, 3.05) is 11.9 Å². The van der Waals surface area contributed by atoms with Gasteiger partial charge < -0.3 is 16.0 Å². The molecule has 1 saturated carbocycles. The van der Waals surface area contributed by atoms with E-state index in [0.717, 1.165) is 23.4 Å². The molecule has 1 unspecified atom stereocenters. The molecule has 33 heavy (non-hydrogen) atoms. The fourth-order valence-electron chi connectivity index (χ4n) is 3.46. The van der Waals surface area contributed by atoms with Gasteiger partial charge in [-0.15, -0.1) is 0 Å². The van der Waals surface area contributed by atoms with E-state index < -0.39 is 17.8 Å². The molecule has 4 N–H and O–H groups in total. The minimum Gasteiger partial charge on any atom is -0.405 e. The Balaban J connectivity index is 0.000000821. The number of H-pyrrole nitrogens is 1. The lowest BCUT2D eigenvalue weighted by atomic mass is 10.0. The van der Waals surface area contributed by atoms with Crippen LogP contribution in [0.3, 0.4) is 0 Å². The van der Waals surface area contributed by atoms with Gasteiger partial charge in [0.25, 0.3) is 0 Å². The predicted molar refractivity (Wildman–Crippen MR) is 118 cm³/mol. The van der Waals surface area contributed by atoms with Crippen LogP contribution in [0.4, 0.5) is 23.5 Å². The average molecular weight is 461 g/mol. The molecule has 174 valence electrons. The molecule has 1 aliphatic rings. The minimum absolute atomic E-state index is 0.118. The molecular formula is C22H23F4N7. The van der Waals surface area contributed by atoms with Crippen molar-refractivity contribution in [2.24, 2.45) is 5.73 Å². The molecule has 4 heterocycles. The number of rotatable bonds is 5. The van der Waals surface area contributed by atoms with E-state index in [9.17, 15) is 17.6 Å². The van der Waals surface area contributed by atoms with Crippen LogP contribution in [0, 0.1) is 0 Å². The van der Waals surface area contributed by atoms with Crippen molar-refractivity contribution in [1.82, 2.24) is 24.6 Å². The van der Waals surface area contributed by atoms with Crippen molar-refractivity contribution in [2.45, 2.75) is 37.5 Å². The van der Waals surface area contributed by atoms with Gasteiger partial charge in [0.15, 0.2) is 0 Å². The lowest BCUT2D eigenvalue weighted by Crippen LogP contribution is -2.17. The van der Waals surface area contributed by atoms with Crippen LogP contribution in [0.1, 0.15) is 31.2 Å². The number of aromatic nitrogens is 5. The largest absolute Gasteiger partial charge is 0.405 e. The first-order chi connectivity index (χ1) is 15.6. The summed E-state index contributed by atoms with van der Waals surface area (Å²) in [5.41, 5.74) is 5.99. The maximum atomic E-state index is 13.8. The van der Waals surface area contributed by atoms with Crippen LogP contribution < -0.4 is 11.1 Å². The van der Waals surface area contributed by atoms with E-state index in [0.29, 0.717) is 30.0 Å². The number of hydrogen-bond donors (Lipinski definition) is 3. The second-order valence-electron chi connectivity index (χ2n) is 8.01. The predicted octanol–water partition coefficient (Wildman–Crippen LogP) is 4.94. The number of pyridine rings is 1. The molecule has 0 spiro atoms. The topological polar surface area (TPSA) is 96.9 Å². The van der Waals surface area contributed by atoms with Crippen molar-refractivity contribution in [3.05, 3.63) is 55.3 Å². The number of halogens is 4. The van der Waals surface area contributed by atoms with Crippen LogP contribution >= 0.6 is 0 Å². The summed E-state index contributed by atoms with van der Waals surface area (Å²) in [6.45, 7) is 4.44. The van der Waals surface area contributed by atoms with Gasteiger partial charge in [-0.3, -0.25) is 0 Å². The second kappa shape index (κ2) is 8.38. The highest BCUT2D eigenvalue weighted by Gasteiger charge is 2.43. The second-order valence-corrected chi connectivity index (χ2v) is 8.01. The van der Waals surface area contributed by atoms with Crippen molar-refractivity contribution >= 4 is 22.5 Å². The highest BCUT2D eigenvalue weighted by molar-refractivity contribution is 5.94. The lowest BCUT2D eigenvalue weighted by Gasteiger charge is -2.14. The van der Waals surface area contributed by atoms with E-state index in [1.54, 1.807) is 30.7 Å². The van der Waals surface area contributed by atoms with Gasteiger partial charge in [-0.05, 0) is 43.7 Å². The molecule has 5 rings (SSSR count). The molecule has 11 heteroatoms. The normalized spacial score (nSPS) is 15.7. The summed E-state index contributed by atoms with van der Waals surface area (Å²) in [7, 11) is 0. The Morgan fingerprint density at radius 3 is 2.76 bits per heavy atom. The van der Waals surface area contributed by atoms with E-state index in [1.165, 1.54) is 16.9 Å². The SMILES string of the molecule is C=CN.CC(c1cnn2ccc(-c3c[nH]c4nc(NCC5(F)CC5)ncc34)cc12)C(F)(F)F. The maximum Gasteiger partial charge on any atom is 0.395 e. The summed E-state index contributed by atoms with van der Waals surface area (Å²) in [4.78, 5) is 11.7. The van der Waals surface area contributed by atoms with E-state index in [1.807, 2.05) is 0 Å². The number of nitrogens with zero attached hydrogens (tertiary/aromatic N) is 4. The molecule has 1 aliphatic carbocycles. The zero-order valence-corrected chi connectivity index (χ0v) is 17.8. The first kappa shape index (κ1) is 22.6. The summed E-state index contributed by atoms with van der Waals surface area (Å²) in [5.74, 6) is -1.30. The van der Waals surface area contributed by atoms with Crippen LogP contribution in [-0.4, -0.2) is 43.0 Å². The van der Waals surface area contributed by atoms with Gasteiger partial charge in [-0.25, -0.2) is 13.9 Å². The number of anilines is 1. The zero-order chi connectivity index (χ0) is 23.8. The molecule has 4 aromatic heterocycles. The Morgan fingerprint density at radius 2 is 2.09 bits per heavy atom. The fourth-order valence-corrected chi connectivity index (χ4v) is 3.46. The minimum atomic E-state index is -4.35. The van der Waals surface area contributed by atoms with E-state index in [4.69, 9.17) is 0 Å². The highest BCUT2D eigenvalue weighted by Crippen LogP contribution is 2.40. The molecule has 1 atom stereocenters. The molecule has 0 bridgehead atoms. The van der Waals surface area contributed by atoms with Crippen LogP contribution in [0.25, 0.3) is 27.7 Å². The number of alkyl halides is 4. The van der Waals surface area contributed by atoms with Crippen LogP contribution in [-0.2, 0) is 0 Å². The Labute approximate surface area is 186 Å². The van der Waals surface area contributed by atoms with Gasteiger partial charge in [0.05, 0.1) is 24.2 Å². The van der Waals surface area contributed by atoms with Gasteiger partial charge in [0.1, 0.15) is 11.3 Å². The molecule has 0 aliphatic heterocycles. The van der Waals surface area contributed by atoms with Crippen LogP contribution in [0.5, 0.6) is 0 Å². The van der Waals surface area contributed by atoms with Crippen LogP contribution in [0.15, 0.2) is 49.7 Å². The molecule has 0 saturated heterocycles. The summed E-state index contributed by atoms with van der Waals surface area (Å²) in [5, 5.41) is 7.67. The molecule has 0 aromatic carbocycles. The summed E-state index contributed by atoms with van der Waals surface area (Å²) < 4.78 is 54.9. The third kappa shape index (κ3) is 4.62. The van der Waals surface area contributed by atoms with E-state index in [-0.39, 0.29) is 12.1 Å². The Morgan fingerprint density at radius 1 is 1.36 bits per heavy atom. The first-order valence-corrected chi connectivity index (χ1v) is 10.3. The molecule has 7 nitrogen and oxygen atoms in total. The highest BCUT2D eigenvalue weighted by atomic mass is 19.4.